The molecule has 0 unspecified atom stereocenters. The lowest BCUT2D eigenvalue weighted by Crippen LogP contribution is -1.84. The molecule has 92 valence electrons. The van der Waals surface area contributed by atoms with Gasteiger partial charge in [-0.1, -0.05) is 35.1 Å². The maximum Gasteiger partial charge on any atom is 0.181 e. The van der Waals surface area contributed by atoms with Gasteiger partial charge in [0.15, 0.2) is 5.13 Å². The monoisotopic (exact) mass is 286 g/mol. The Balaban J connectivity index is 2.54. The van der Waals surface area contributed by atoms with Crippen LogP contribution in [0.15, 0.2) is 29.8 Å². The van der Waals surface area contributed by atoms with E-state index in [1.165, 1.54) is 17.4 Å². The molecule has 4 nitrogen and oxygen atoms in total. The summed E-state index contributed by atoms with van der Waals surface area (Å²) in [6, 6.07) is 10.7. The minimum Gasteiger partial charge on any atom is -0.375 e. The van der Waals surface area contributed by atoms with E-state index in [4.69, 9.17) is 27.9 Å². The second-order valence-corrected chi connectivity index (χ2v) is 5.05. The van der Waals surface area contributed by atoms with E-state index in [9.17, 15) is 0 Å². The lowest BCUT2D eigenvalue weighted by atomic mass is 10.1. The largest absolute Gasteiger partial charge is 0.375 e. The molecule has 1 heterocycles. The van der Waals surface area contributed by atoms with Crippen LogP contribution in [0.2, 0.25) is 5.02 Å². The number of thiazole rings is 1. The van der Waals surface area contributed by atoms with Gasteiger partial charge < -0.3 is 5.73 Å². The van der Waals surface area contributed by atoms with Crippen LogP contribution in [-0.4, -0.2) is 4.98 Å². The van der Waals surface area contributed by atoms with Crippen LogP contribution >= 0.6 is 22.9 Å². The highest BCUT2D eigenvalue weighted by Gasteiger charge is 2.11. The topological polar surface area (TPSA) is 86.5 Å². The summed E-state index contributed by atoms with van der Waals surface area (Å²) in [7, 11) is 0. The Morgan fingerprint density at radius 2 is 1.89 bits per heavy atom. The molecule has 0 spiro atoms. The van der Waals surface area contributed by atoms with Gasteiger partial charge in [-0.25, -0.2) is 4.98 Å². The van der Waals surface area contributed by atoms with E-state index in [0.29, 0.717) is 20.7 Å². The summed E-state index contributed by atoms with van der Waals surface area (Å²) in [5.41, 5.74) is 7.18. The van der Waals surface area contributed by atoms with Gasteiger partial charge in [0.05, 0.1) is 10.6 Å². The van der Waals surface area contributed by atoms with Crippen molar-refractivity contribution in [1.82, 2.24) is 4.98 Å². The first kappa shape index (κ1) is 13.1. The summed E-state index contributed by atoms with van der Waals surface area (Å²) in [5.74, 6) is 0. The molecule has 2 aromatic rings. The predicted molar refractivity (Wildman–Crippen MR) is 76.2 cm³/mol. The maximum atomic E-state index is 8.79. The number of nitrogen functional groups attached to an aromatic ring is 1. The minimum atomic E-state index is 0.0128. The van der Waals surface area contributed by atoms with Crippen LogP contribution in [0, 0.1) is 22.7 Å². The summed E-state index contributed by atoms with van der Waals surface area (Å²) in [6.45, 7) is 0. The van der Waals surface area contributed by atoms with Gasteiger partial charge in [-0.3, -0.25) is 0 Å². The molecule has 0 saturated carbocycles. The van der Waals surface area contributed by atoms with Crippen LogP contribution < -0.4 is 5.73 Å². The van der Waals surface area contributed by atoms with Gasteiger partial charge >= 0.3 is 0 Å². The molecule has 0 atom stereocenters. The van der Waals surface area contributed by atoms with E-state index < -0.39 is 0 Å². The lowest BCUT2D eigenvalue weighted by Gasteiger charge is -1.98. The third-order valence-corrected chi connectivity index (χ3v) is 3.39. The fourth-order valence-corrected chi connectivity index (χ4v) is 2.41. The Bertz CT molecular complexity index is 701. The molecule has 6 heteroatoms. The molecule has 0 radical (unpaired) electrons. The third-order valence-electron chi connectivity index (χ3n) is 2.30. The Morgan fingerprint density at radius 3 is 2.47 bits per heavy atom. The van der Waals surface area contributed by atoms with Crippen molar-refractivity contribution in [1.29, 1.82) is 10.5 Å². The Labute approximate surface area is 119 Å². The fourth-order valence-electron chi connectivity index (χ4n) is 1.48. The first-order valence-corrected chi connectivity index (χ1v) is 6.37. The molecular weight excluding hydrogens is 280 g/mol. The normalized spacial score (nSPS) is 9.42. The van der Waals surface area contributed by atoms with E-state index >= 15 is 0 Å². The Morgan fingerprint density at radius 1 is 1.26 bits per heavy atom. The zero-order chi connectivity index (χ0) is 13.8. The van der Waals surface area contributed by atoms with E-state index in [1.54, 1.807) is 12.1 Å². The number of anilines is 1. The SMILES string of the molecule is N#CC(C#N)=Cc1sc(N)nc1-c1ccc(Cl)cc1. The molecule has 0 aliphatic carbocycles. The molecule has 1 aromatic heterocycles. The van der Waals surface area contributed by atoms with Gasteiger partial charge in [0, 0.05) is 10.6 Å². The number of aromatic nitrogens is 1. The molecule has 0 amide bonds. The van der Waals surface area contributed by atoms with Crippen molar-refractivity contribution in [3.8, 4) is 23.4 Å². The average Bonchev–Trinajstić information content (AvgIpc) is 2.77. The summed E-state index contributed by atoms with van der Waals surface area (Å²) in [6.07, 6.45) is 1.48. The van der Waals surface area contributed by atoms with Gasteiger partial charge in [0.2, 0.25) is 0 Å². The zero-order valence-electron chi connectivity index (χ0n) is 9.59. The van der Waals surface area contributed by atoms with E-state index in [1.807, 2.05) is 24.3 Å². The van der Waals surface area contributed by atoms with Gasteiger partial charge in [-0.05, 0) is 18.2 Å². The number of hydrogen-bond donors (Lipinski definition) is 1. The van der Waals surface area contributed by atoms with E-state index in [-0.39, 0.29) is 5.57 Å². The smallest absolute Gasteiger partial charge is 0.181 e. The van der Waals surface area contributed by atoms with Crippen molar-refractivity contribution < 1.29 is 0 Å². The summed E-state index contributed by atoms with van der Waals surface area (Å²) >= 11 is 7.06. The number of allylic oxidation sites excluding steroid dienone is 1. The second-order valence-electron chi connectivity index (χ2n) is 3.55. The van der Waals surface area contributed by atoms with Crippen molar-refractivity contribution in [2.24, 2.45) is 0 Å². The molecule has 0 fully saturated rings. The van der Waals surface area contributed by atoms with Crippen molar-refractivity contribution in [3.05, 3.63) is 39.7 Å². The van der Waals surface area contributed by atoms with Crippen LogP contribution in [0.4, 0.5) is 5.13 Å². The second kappa shape index (κ2) is 5.53. The van der Waals surface area contributed by atoms with E-state index in [0.717, 1.165) is 5.56 Å². The van der Waals surface area contributed by atoms with Crippen molar-refractivity contribution >= 4 is 34.1 Å². The molecule has 0 aliphatic heterocycles. The van der Waals surface area contributed by atoms with Crippen LogP contribution in [0.25, 0.3) is 17.3 Å². The van der Waals surface area contributed by atoms with Crippen molar-refractivity contribution in [2.45, 2.75) is 0 Å². The summed E-state index contributed by atoms with van der Waals surface area (Å²) in [5, 5.41) is 18.6. The zero-order valence-corrected chi connectivity index (χ0v) is 11.2. The van der Waals surface area contributed by atoms with Crippen molar-refractivity contribution in [2.75, 3.05) is 5.73 Å². The number of benzene rings is 1. The molecule has 2 rings (SSSR count). The number of hydrogen-bond acceptors (Lipinski definition) is 5. The highest BCUT2D eigenvalue weighted by atomic mass is 35.5. The summed E-state index contributed by atoms with van der Waals surface area (Å²) in [4.78, 5) is 4.90. The highest BCUT2D eigenvalue weighted by molar-refractivity contribution is 7.16. The number of nitriles is 2. The van der Waals surface area contributed by atoms with Crippen LogP contribution in [0.3, 0.4) is 0 Å². The third kappa shape index (κ3) is 2.92. The summed E-state index contributed by atoms with van der Waals surface area (Å²) < 4.78 is 0. The van der Waals surface area contributed by atoms with Crippen LogP contribution in [0.1, 0.15) is 4.88 Å². The number of rotatable bonds is 2. The molecule has 2 N–H and O–H groups in total. The fraction of sp³-hybridized carbons (Fsp3) is 0. The highest BCUT2D eigenvalue weighted by Crippen LogP contribution is 2.32. The van der Waals surface area contributed by atoms with Crippen LogP contribution in [0.5, 0.6) is 0 Å². The standard InChI is InChI=1S/C13H7ClN4S/c14-10-3-1-9(2-4-10)12-11(19-13(17)18-12)5-8(6-15)7-16/h1-5H,(H2,17,18). The Hall–Kier alpha value is -2.34. The van der Waals surface area contributed by atoms with Gasteiger partial charge in [-0.15, -0.1) is 0 Å². The van der Waals surface area contributed by atoms with E-state index in [2.05, 4.69) is 4.98 Å². The number of nitrogens with two attached hydrogens (primary N) is 1. The lowest BCUT2D eigenvalue weighted by molar-refractivity contribution is 1.40. The molecule has 0 bridgehead atoms. The molecule has 0 aliphatic rings. The van der Waals surface area contributed by atoms with Crippen molar-refractivity contribution in [3.63, 3.8) is 0 Å². The Kier molecular flexibility index (Phi) is 3.82. The quantitative estimate of drug-likeness (QED) is 0.856. The number of nitrogens with zero attached hydrogens (tertiary/aromatic N) is 3. The van der Waals surface area contributed by atoms with Crippen LogP contribution in [-0.2, 0) is 0 Å². The van der Waals surface area contributed by atoms with Gasteiger partial charge in [0.1, 0.15) is 17.7 Å². The average molecular weight is 287 g/mol. The predicted octanol–water partition coefficient (Wildman–Crippen LogP) is 3.48. The molecule has 1 aromatic carbocycles. The first-order chi connectivity index (χ1) is 9.13. The first-order valence-electron chi connectivity index (χ1n) is 5.18. The van der Waals surface area contributed by atoms with Gasteiger partial charge in [-0.2, -0.15) is 10.5 Å². The van der Waals surface area contributed by atoms with Gasteiger partial charge in [0.25, 0.3) is 0 Å². The maximum absolute atomic E-state index is 8.79. The number of halogens is 1. The molecule has 19 heavy (non-hydrogen) atoms. The molecule has 0 saturated heterocycles. The molecular formula is C13H7ClN4S. The minimum absolute atomic E-state index is 0.0128.